The van der Waals surface area contributed by atoms with Gasteiger partial charge in [0.05, 0.1) is 32.1 Å². The van der Waals surface area contributed by atoms with Gasteiger partial charge in [-0.1, -0.05) is 12.1 Å². The van der Waals surface area contributed by atoms with Crippen molar-refractivity contribution in [2.24, 2.45) is 16.5 Å². The molecule has 0 saturated carbocycles. The fraction of sp³-hybridized carbons (Fsp3) is 0.655. The normalized spacial score (nSPS) is 16.4. The second-order valence-corrected chi connectivity index (χ2v) is 23.1. The lowest BCUT2D eigenvalue weighted by atomic mass is 9.78. The molecular formula is C58H94BN15O20. The number of nitrogens with zero attached hydrogens (tertiary/aromatic N) is 7. The molecule has 94 heavy (non-hydrogen) atoms. The summed E-state index contributed by atoms with van der Waals surface area (Å²) < 4.78 is 0. The summed E-state index contributed by atoms with van der Waals surface area (Å²) in [7, 11) is -0.151. The Bertz CT molecular complexity index is 2710. The minimum Gasteiger partial charge on any atom is -0.480 e. The Morgan fingerprint density at radius 2 is 1.14 bits per heavy atom. The van der Waals surface area contributed by atoms with Crippen molar-refractivity contribution in [2.45, 2.75) is 133 Å². The van der Waals surface area contributed by atoms with E-state index >= 15 is 0 Å². The van der Waals surface area contributed by atoms with Gasteiger partial charge < -0.3 is 88.7 Å². The average Bonchev–Trinajstić information content (AvgIpc) is 1.70. The molecule has 0 spiro atoms. The first-order chi connectivity index (χ1) is 44.5. The molecule has 2 aliphatic rings. The number of hydrogen-bond acceptors (Lipinski definition) is 20. The summed E-state index contributed by atoms with van der Waals surface area (Å²) in [6.45, 7) is 1.37. The zero-order valence-electron chi connectivity index (χ0n) is 53.4. The lowest BCUT2D eigenvalue weighted by Gasteiger charge is -2.35. The molecule has 524 valence electrons. The number of carbonyl (C=O) groups excluding carboxylic acids is 8. The van der Waals surface area contributed by atoms with Crippen molar-refractivity contribution < 1.29 is 97.9 Å². The number of aliphatic imine (C=N–C) groups is 1. The standard InChI is InChI=1S/C58H94BN15O20/c1-38(54(87)74-24-8-11-44(74)59(93)94)66-53(86)40-15-13-39(14-16-40)33-64-45(75)12-4-6-23-69(2)55(88)41(10-7-22-63-58(60)61)67-48(78)20-19-47(77)65-34-49(79)68-42(56(89)90)9-3-5-21-62-46(76)18-17-43(57(91)92)73-31-29-71(36-51(82)83)27-25-70(35-50(80)81)26-28-72(30-32-73)37-52(84)85/h13-16,38,41-44,93-94H,3-12,17-37H2,1-2H3,(H,62,76)(H,64,75)(H,65,77)(H,66,86)(H,67,78)(H,68,79)(H,80,81)(H,82,83)(H,84,85)(H,89,90)(H,91,92)(H4,60,61,63)/t38-,41+,42+,43-,44+/m1/s1. The van der Waals surface area contributed by atoms with E-state index < -0.39 is 134 Å². The van der Waals surface area contributed by atoms with Crippen LogP contribution in [0.15, 0.2) is 29.3 Å². The van der Waals surface area contributed by atoms with Gasteiger partial charge in [0.1, 0.15) is 24.2 Å². The molecule has 36 heteroatoms. The minimum atomic E-state index is -1.68. The summed E-state index contributed by atoms with van der Waals surface area (Å²) in [4.78, 5) is 176. The highest BCUT2D eigenvalue weighted by atomic mass is 16.4. The first-order valence-electron chi connectivity index (χ1n) is 31.3. The minimum absolute atomic E-state index is 0.0244. The van der Waals surface area contributed by atoms with Crippen LogP contribution in [0.4, 0.5) is 0 Å². The van der Waals surface area contributed by atoms with Crippen molar-refractivity contribution in [1.29, 1.82) is 0 Å². The molecule has 8 amide bonds. The molecule has 2 saturated heterocycles. The summed E-state index contributed by atoms with van der Waals surface area (Å²) in [5, 5.41) is 83.2. The Kier molecular flexibility index (Phi) is 36.1. The molecule has 35 nitrogen and oxygen atoms in total. The van der Waals surface area contributed by atoms with Crippen LogP contribution in [0.3, 0.4) is 0 Å². The van der Waals surface area contributed by atoms with Crippen molar-refractivity contribution >= 4 is 90.2 Å². The first kappa shape index (κ1) is 79.7. The number of carboxylic acids is 5. The van der Waals surface area contributed by atoms with Gasteiger partial charge in [-0.05, 0) is 88.8 Å². The van der Waals surface area contributed by atoms with E-state index in [4.69, 9.17) is 11.5 Å². The van der Waals surface area contributed by atoms with Gasteiger partial charge >= 0.3 is 37.0 Å². The smallest absolute Gasteiger partial charge is 0.475 e. The van der Waals surface area contributed by atoms with Crippen LogP contribution in [0, 0.1) is 0 Å². The third-order valence-electron chi connectivity index (χ3n) is 15.7. The van der Waals surface area contributed by atoms with Gasteiger partial charge in [0.25, 0.3) is 5.91 Å². The number of nitrogens with one attached hydrogen (secondary N) is 6. The number of nitrogens with two attached hydrogens (primary N) is 2. The number of hydrogen-bond donors (Lipinski definition) is 15. The molecule has 1 aromatic rings. The molecule has 0 aromatic heterocycles. The Morgan fingerprint density at radius 1 is 0.596 bits per heavy atom. The third kappa shape index (κ3) is 31.8. The number of carbonyl (C=O) groups is 13. The van der Waals surface area contributed by atoms with Gasteiger partial charge in [0.2, 0.25) is 41.4 Å². The number of unbranched alkanes of at least 4 members (excludes halogenated alkanes) is 2. The van der Waals surface area contributed by atoms with Gasteiger partial charge in [-0.2, -0.15) is 0 Å². The number of rotatable bonds is 40. The van der Waals surface area contributed by atoms with E-state index in [1.54, 1.807) is 29.2 Å². The quantitative estimate of drug-likeness (QED) is 0.0127. The maximum Gasteiger partial charge on any atom is 0.475 e. The molecule has 2 heterocycles. The second-order valence-electron chi connectivity index (χ2n) is 23.1. The van der Waals surface area contributed by atoms with E-state index in [0.29, 0.717) is 44.2 Å². The molecule has 0 unspecified atom stereocenters. The van der Waals surface area contributed by atoms with Crippen LogP contribution in [-0.2, 0) is 64.1 Å². The largest absolute Gasteiger partial charge is 0.480 e. The van der Waals surface area contributed by atoms with Crippen molar-refractivity contribution in [2.75, 3.05) is 112 Å². The van der Waals surface area contributed by atoms with E-state index in [1.807, 2.05) is 0 Å². The molecule has 3 rings (SSSR count). The number of carboxylic acid groups (broad SMARTS) is 5. The van der Waals surface area contributed by atoms with E-state index in [0.717, 1.165) is 0 Å². The molecule has 0 aliphatic carbocycles. The van der Waals surface area contributed by atoms with Crippen molar-refractivity contribution in [1.82, 2.24) is 61.3 Å². The van der Waals surface area contributed by atoms with Gasteiger partial charge in [-0.3, -0.25) is 82.1 Å². The summed E-state index contributed by atoms with van der Waals surface area (Å²) >= 11 is 0. The van der Waals surface area contributed by atoms with E-state index in [9.17, 15) is 97.9 Å². The Morgan fingerprint density at radius 3 is 1.69 bits per heavy atom. The van der Waals surface area contributed by atoms with Gasteiger partial charge in [-0.25, -0.2) is 4.79 Å². The molecule has 17 N–H and O–H groups in total. The van der Waals surface area contributed by atoms with E-state index in [1.165, 1.54) is 38.5 Å². The fourth-order valence-corrected chi connectivity index (χ4v) is 10.5. The van der Waals surface area contributed by atoms with Crippen LogP contribution in [0.2, 0.25) is 0 Å². The highest BCUT2D eigenvalue weighted by molar-refractivity contribution is 6.43. The van der Waals surface area contributed by atoms with Crippen molar-refractivity contribution in [3.8, 4) is 0 Å². The first-order valence-corrected chi connectivity index (χ1v) is 31.3. The van der Waals surface area contributed by atoms with Crippen LogP contribution in [0.1, 0.15) is 113 Å². The lowest BCUT2D eigenvalue weighted by Crippen LogP contribution is -2.52. The van der Waals surface area contributed by atoms with Gasteiger partial charge in [0.15, 0.2) is 5.96 Å². The zero-order chi connectivity index (χ0) is 69.9. The Balaban J connectivity index is 1.40. The van der Waals surface area contributed by atoms with E-state index in [2.05, 4.69) is 36.9 Å². The van der Waals surface area contributed by atoms with Crippen molar-refractivity contribution in [3.05, 3.63) is 35.4 Å². The van der Waals surface area contributed by atoms with Gasteiger partial charge in [-0.15, -0.1) is 0 Å². The molecule has 0 radical (unpaired) electrons. The van der Waals surface area contributed by atoms with Crippen LogP contribution in [0.25, 0.3) is 0 Å². The molecule has 5 atom stereocenters. The summed E-state index contributed by atoms with van der Waals surface area (Å²) in [5.41, 5.74) is 11.9. The predicted molar refractivity (Wildman–Crippen MR) is 337 cm³/mol. The Hall–Kier alpha value is -8.58. The highest BCUT2D eigenvalue weighted by Gasteiger charge is 2.39. The van der Waals surface area contributed by atoms with Gasteiger partial charge in [0, 0.05) is 123 Å². The average molecular weight is 1330 g/mol. The molecule has 1 aromatic carbocycles. The van der Waals surface area contributed by atoms with Crippen molar-refractivity contribution in [3.63, 3.8) is 0 Å². The number of aliphatic carboxylic acids is 5. The molecule has 2 aliphatic heterocycles. The topological polar surface area (TPSA) is 520 Å². The van der Waals surface area contributed by atoms with Crippen LogP contribution in [0.5, 0.6) is 0 Å². The second kappa shape index (κ2) is 42.6. The number of guanidine groups is 1. The molecule has 0 bridgehead atoms. The lowest BCUT2D eigenvalue weighted by molar-refractivity contribution is -0.145. The zero-order valence-corrected chi connectivity index (χ0v) is 53.4. The van der Waals surface area contributed by atoms with Crippen LogP contribution in [-0.4, -0.2) is 297 Å². The summed E-state index contributed by atoms with van der Waals surface area (Å²) in [6.07, 6.45) is 1.58. The monoisotopic (exact) mass is 1330 g/mol. The number of likely N-dealkylation sites (N-methyl/N-ethyl adjacent to an activating group) is 1. The third-order valence-corrected chi connectivity index (χ3v) is 15.7. The number of benzene rings is 1. The number of likely N-dealkylation sites (tertiary alicyclic amines) is 1. The number of amides is 8. The predicted octanol–water partition coefficient (Wildman–Crippen LogP) is -4.95. The molecule has 2 fully saturated rings. The summed E-state index contributed by atoms with van der Waals surface area (Å²) in [6, 6.07) is 1.84. The van der Waals surface area contributed by atoms with E-state index in [-0.39, 0.29) is 154 Å². The molecular weight excluding hydrogens is 1240 g/mol. The SMILES string of the molecule is C[C@@H](NC(=O)c1ccc(CNC(=O)CCCCN(C)C(=O)[C@H](CCCN=C(N)N)NC(=O)CCC(=O)NCC(=O)N[C@@H](CCCCNC(=O)CC[C@H](C(=O)O)N2CCN(CC(=O)O)CCN(CC(=O)O)CCN(CC(=O)O)CC2)C(=O)O)cc1)C(=O)N1CCC[C@H]1B(O)O. The summed E-state index contributed by atoms with van der Waals surface area (Å²) in [5.74, 6) is -11.4. The Labute approximate surface area is 544 Å². The van der Waals surface area contributed by atoms with Crippen LogP contribution < -0.4 is 43.4 Å². The van der Waals surface area contributed by atoms with Crippen LogP contribution >= 0.6 is 0 Å². The fourth-order valence-electron chi connectivity index (χ4n) is 10.5. The maximum atomic E-state index is 13.6. The highest BCUT2D eigenvalue weighted by Crippen LogP contribution is 2.20. The maximum absolute atomic E-state index is 13.6.